The number of rotatable bonds is 2. The van der Waals surface area contributed by atoms with Crippen LogP contribution in [0.1, 0.15) is 16.1 Å². The molecule has 0 atom stereocenters. The van der Waals surface area contributed by atoms with Crippen molar-refractivity contribution in [1.82, 2.24) is 10.2 Å². The van der Waals surface area contributed by atoms with Crippen molar-refractivity contribution in [1.29, 1.82) is 0 Å². The van der Waals surface area contributed by atoms with Crippen LogP contribution in [0.3, 0.4) is 0 Å². The predicted molar refractivity (Wildman–Crippen MR) is 50.9 cm³/mol. The topological polar surface area (TPSA) is 92.0 Å². The highest BCUT2D eigenvalue weighted by molar-refractivity contribution is 6.00. The van der Waals surface area contributed by atoms with Crippen LogP contribution in [0.15, 0.2) is 18.2 Å². The molecule has 0 aliphatic heterocycles. The standard InChI is InChI=1S/C9H9N3O2/c10-4-5-1-2-6-7(3-5)11-12-8(6)9(13)14/h1-3H,4,10H2,(H,11,12)(H,13,14). The first-order valence-corrected chi connectivity index (χ1v) is 4.12. The number of H-pyrrole nitrogens is 1. The minimum Gasteiger partial charge on any atom is -0.476 e. The molecule has 0 amide bonds. The number of carboxylic acid groups (broad SMARTS) is 1. The fraction of sp³-hybridized carbons (Fsp3) is 0.111. The van der Waals surface area contributed by atoms with Gasteiger partial charge in [-0.05, 0) is 17.7 Å². The number of fused-ring (bicyclic) bond motifs is 1. The van der Waals surface area contributed by atoms with Crippen LogP contribution in [0.4, 0.5) is 0 Å². The largest absolute Gasteiger partial charge is 0.476 e. The SMILES string of the molecule is NCc1ccc2c(C(=O)O)n[nH]c2c1. The van der Waals surface area contributed by atoms with Crippen LogP contribution in [0.25, 0.3) is 10.9 Å². The molecule has 0 fully saturated rings. The van der Waals surface area contributed by atoms with Gasteiger partial charge in [-0.1, -0.05) is 6.07 Å². The molecule has 0 unspecified atom stereocenters. The molecule has 1 aromatic heterocycles. The Kier molecular flexibility index (Phi) is 1.94. The Morgan fingerprint density at radius 2 is 2.36 bits per heavy atom. The molecule has 2 rings (SSSR count). The summed E-state index contributed by atoms with van der Waals surface area (Å²) in [5, 5.41) is 15.8. The lowest BCUT2D eigenvalue weighted by Gasteiger charge is -1.95. The molecule has 0 aliphatic rings. The van der Waals surface area contributed by atoms with Gasteiger partial charge in [-0.25, -0.2) is 4.79 Å². The number of carbonyl (C=O) groups is 1. The van der Waals surface area contributed by atoms with Crippen molar-refractivity contribution < 1.29 is 9.90 Å². The first-order valence-electron chi connectivity index (χ1n) is 4.12. The summed E-state index contributed by atoms with van der Waals surface area (Å²) < 4.78 is 0. The highest BCUT2D eigenvalue weighted by atomic mass is 16.4. The van der Waals surface area contributed by atoms with Gasteiger partial charge >= 0.3 is 5.97 Å². The van der Waals surface area contributed by atoms with E-state index in [1.165, 1.54) is 0 Å². The molecule has 1 heterocycles. The molecule has 14 heavy (non-hydrogen) atoms. The summed E-state index contributed by atoms with van der Waals surface area (Å²) in [5.74, 6) is -1.03. The van der Waals surface area contributed by atoms with E-state index in [2.05, 4.69) is 10.2 Å². The molecule has 0 saturated heterocycles. The maximum Gasteiger partial charge on any atom is 0.357 e. The Morgan fingerprint density at radius 3 is 3.00 bits per heavy atom. The van der Waals surface area contributed by atoms with E-state index in [-0.39, 0.29) is 5.69 Å². The Labute approximate surface area is 79.5 Å². The summed E-state index contributed by atoms with van der Waals surface area (Å²) in [6.07, 6.45) is 0. The second kappa shape index (κ2) is 3.12. The minimum absolute atomic E-state index is 0.0450. The van der Waals surface area contributed by atoms with Crippen molar-refractivity contribution in [3.63, 3.8) is 0 Å². The molecule has 0 radical (unpaired) electrons. The van der Waals surface area contributed by atoms with Gasteiger partial charge in [-0.2, -0.15) is 5.10 Å². The Morgan fingerprint density at radius 1 is 1.57 bits per heavy atom. The Balaban J connectivity index is 2.65. The van der Waals surface area contributed by atoms with Crippen LogP contribution in [-0.4, -0.2) is 21.3 Å². The van der Waals surface area contributed by atoms with Crippen LogP contribution < -0.4 is 5.73 Å². The van der Waals surface area contributed by atoms with E-state index in [9.17, 15) is 4.79 Å². The Hall–Kier alpha value is -1.88. The molecule has 0 spiro atoms. The number of carboxylic acids is 1. The van der Waals surface area contributed by atoms with E-state index in [1.807, 2.05) is 0 Å². The number of hydrogen-bond acceptors (Lipinski definition) is 3. The summed E-state index contributed by atoms with van der Waals surface area (Å²) in [6, 6.07) is 5.31. The molecular weight excluding hydrogens is 182 g/mol. The van der Waals surface area contributed by atoms with Crippen LogP contribution in [0.2, 0.25) is 0 Å². The van der Waals surface area contributed by atoms with Gasteiger partial charge < -0.3 is 10.8 Å². The summed E-state index contributed by atoms with van der Waals surface area (Å²) in [4.78, 5) is 10.7. The van der Waals surface area contributed by atoms with Crippen molar-refractivity contribution in [2.75, 3.05) is 0 Å². The number of nitrogens with one attached hydrogen (secondary N) is 1. The molecule has 1 aromatic carbocycles. The number of benzene rings is 1. The van der Waals surface area contributed by atoms with E-state index in [0.29, 0.717) is 17.4 Å². The lowest BCUT2D eigenvalue weighted by molar-refractivity contribution is 0.0692. The van der Waals surface area contributed by atoms with Crippen molar-refractivity contribution >= 4 is 16.9 Å². The zero-order valence-corrected chi connectivity index (χ0v) is 7.32. The highest BCUT2D eigenvalue weighted by Gasteiger charge is 2.11. The van der Waals surface area contributed by atoms with E-state index >= 15 is 0 Å². The Bertz CT molecular complexity index is 490. The average molecular weight is 191 g/mol. The molecule has 5 heteroatoms. The minimum atomic E-state index is -1.03. The van der Waals surface area contributed by atoms with Crippen molar-refractivity contribution in [2.45, 2.75) is 6.54 Å². The zero-order chi connectivity index (χ0) is 10.1. The third-order valence-corrected chi connectivity index (χ3v) is 2.07. The molecule has 0 aliphatic carbocycles. The van der Waals surface area contributed by atoms with Gasteiger partial charge in [0.2, 0.25) is 0 Å². The normalized spacial score (nSPS) is 10.6. The fourth-order valence-electron chi connectivity index (χ4n) is 1.36. The summed E-state index contributed by atoms with van der Waals surface area (Å²) in [5.41, 5.74) is 7.14. The maximum atomic E-state index is 10.7. The smallest absolute Gasteiger partial charge is 0.357 e. The van der Waals surface area contributed by atoms with Crippen LogP contribution in [0.5, 0.6) is 0 Å². The number of aromatic carboxylic acids is 1. The van der Waals surface area contributed by atoms with Crippen molar-refractivity contribution in [3.8, 4) is 0 Å². The van der Waals surface area contributed by atoms with Gasteiger partial charge in [-0.3, -0.25) is 5.10 Å². The molecule has 2 aromatic rings. The second-order valence-corrected chi connectivity index (χ2v) is 2.96. The number of nitrogens with zero attached hydrogens (tertiary/aromatic N) is 1. The third kappa shape index (κ3) is 1.23. The first-order chi connectivity index (χ1) is 6.72. The maximum absolute atomic E-state index is 10.7. The summed E-state index contributed by atoms with van der Waals surface area (Å²) in [7, 11) is 0. The third-order valence-electron chi connectivity index (χ3n) is 2.07. The van der Waals surface area contributed by atoms with Crippen LogP contribution in [-0.2, 0) is 6.54 Å². The van der Waals surface area contributed by atoms with E-state index in [0.717, 1.165) is 5.56 Å². The fourth-order valence-corrected chi connectivity index (χ4v) is 1.36. The molecule has 0 saturated carbocycles. The summed E-state index contributed by atoms with van der Waals surface area (Å²) >= 11 is 0. The molecule has 0 bridgehead atoms. The zero-order valence-electron chi connectivity index (χ0n) is 7.32. The quantitative estimate of drug-likeness (QED) is 0.652. The number of nitrogens with two attached hydrogens (primary N) is 1. The lowest BCUT2D eigenvalue weighted by atomic mass is 10.1. The van der Waals surface area contributed by atoms with Gasteiger partial charge in [0.1, 0.15) is 0 Å². The van der Waals surface area contributed by atoms with Crippen LogP contribution in [0, 0.1) is 0 Å². The van der Waals surface area contributed by atoms with Gasteiger partial charge in [0.25, 0.3) is 0 Å². The second-order valence-electron chi connectivity index (χ2n) is 2.96. The molecule has 4 N–H and O–H groups in total. The van der Waals surface area contributed by atoms with Gasteiger partial charge in [0.15, 0.2) is 5.69 Å². The molecule has 72 valence electrons. The van der Waals surface area contributed by atoms with Gasteiger partial charge in [0.05, 0.1) is 5.52 Å². The lowest BCUT2D eigenvalue weighted by Crippen LogP contribution is -1.97. The number of hydrogen-bond donors (Lipinski definition) is 3. The van der Waals surface area contributed by atoms with Gasteiger partial charge in [0, 0.05) is 11.9 Å². The monoisotopic (exact) mass is 191 g/mol. The molecular formula is C9H9N3O2. The highest BCUT2D eigenvalue weighted by Crippen LogP contribution is 2.17. The number of aromatic nitrogens is 2. The van der Waals surface area contributed by atoms with Crippen molar-refractivity contribution in [3.05, 3.63) is 29.5 Å². The average Bonchev–Trinajstić information content (AvgIpc) is 2.59. The van der Waals surface area contributed by atoms with Crippen molar-refractivity contribution in [2.24, 2.45) is 5.73 Å². The van der Waals surface area contributed by atoms with E-state index < -0.39 is 5.97 Å². The number of aromatic amines is 1. The first kappa shape index (κ1) is 8.71. The van der Waals surface area contributed by atoms with E-state index in [4.69, 9.17) is 10.8 Å². The van der Waals surface area contributed by atoms with E-state index in [1.54, 1.807) is 18.2 Å². The predicted octanol–water partition coefficient (Wildman–Crippen LogP) is 0.720. The molecule has 5 nitrogen and oxygen atoms in total. The summed E-state index contributed by atoms with van der Waals surface area (Å²) in [6.45, 7) is 0.428. The van der Waals surface area contributed by atoms with Crippen LogP contribution >= 0.6 is 0 Å². The van der Waals surface area contributed by atoms with Gasteiger partial charge in [-0.15, -0.1) is 0 Å².